The Bertz CT molecular complexity index is 614. The number of carbonyl (C=O) groups excluding carboxylic acids is 2. The van der Waals surface area contributed by atoms with E-state index in [-0.39, 0.29) is 23.9 Å². The first-order valence-corrected chi connectivity index (χ1v) is 8.22. The predicted molar refractivity (Wildman–Crippen MR) is 86.8 cm³/mol. The van der Waals surface area contributed by atoms with Crippen LogP contribution in [0.4, 0.5) is 15.8 Å². The molecule has 1 unspecified atom stereocenters. The maximum Gasteiger partial charge on any atom is 0.229 e. The Morgan fingerprint density at radius 1 is 1.35 bits per heavy atom. The second-order valence-electron chi connectivity index (χ2n) is 6.15. The number of hydrogen-bond acceptors (Lipinski definition) is 3. The van der Waals surface area contributed by atoms with Gasteiger partial charge < -0.3 is 15.1 Å². The molecule has 3 rings (SSSR count). The Hall–Kier alpha value is -2.11. The Kier molecular flexibility index (Phi) is 4.50. The molecule has 0 saturated carbocycles. The lowest BCUT2D eigenvalue weighted by Crippen LogP contribution is -2.29. The molecule has 1 aromatic carbocycles. The van der Waals surface area contributed by atoms with Crippen molar-refractivity contribution in [2.75, 3.05) is 36.4 Å². The van der Waals surface area contributed by atoms with E-state index >= 15 is 0 Å². The van der Waals surface area contributed by atoms with Crippen LogP contribution in [-0.4, -0.2) is 42.9 Å². The van der Waals surface area contributed by atoms with Gasteiger partial charge in [-0.3, -0.25) is 9.59 Å². The van der Waals surface area contributed by atoms with Crippen LogP contribution in [-0.2, 0) is 9.59 Å². The molecule has 0 radical (unpaired) electrons. The van der Waals surface area contributed by atoms with E-state index in [0.29, 0.717) is 13.1 Å². The highest BCUT2D eigenvalue weighted by Crippen LogP contribution is 2.32. The van der Waals surface area contributed by atoms with Crippen molar-refractivity contribution >= 4 is 23.2 Å². The van der Waals surface area contributed by atoms with Crippen LogP contribution < -0.4 is 10.2 Å². The van der Waals surface area contributed by atoms with Gasteiger partial charge in [0.2, 0.25) is 11.8 Å². The smallest absolute Gasteiger partial charge is 0.229 e. The number of para-hydroxylation sites is 1. The van der Waals surface area contributed by atoms with E-state index in [1.54, 1.807) is 11.0 Å². The number of anilines is 2. The van der Waals surface area contributed by atoms with Crippen LogP contribution in [0.15, 0.2) is 18.2 Å². The first-order valence-electron chi connectivity index (χ1n) is 8.22. The van der Waals surface area contributed by atoms with Gasteiger partial charge in [0.15, 0.2) is 0 Å². The third kappa shape index (κ3) is 3.16. The van der Waals surface area contributed by atoms with Crippen molar-refractivity contribution in [1.82, 2.24) is 4.90 Å². The standard InChI is InChI=1S/C17H22FN3O2/c1-2-20-11-12(10-15(20)22)17(23)19-16-13(18)6-5-7-14(16)21-8-3-4-9-21/h5-7,12H,2-4,8-11H2,1H3,(H,19,23). The van der Waals surface area contributed by atoms with E-state index in [2.05, 4.69) is 10.2 Å². The molecular weight excluding hydrogens is 297 g/mol. The van der Waals surface area contributed by atoms with Gasteiger partial charge in [-0.15, -0.1) is 0 Å². The third-order valence-corrected chi connectivity index (χ3v) is 4.65. The Balaban J connectivity index is 1.77. The molecule has 2 aliphatic heterocycles. The van der Waals surface area contributed by atoms with Crippen molar-refractivity contribution in [3.8, 4) is 0 Å². The van der Waals surface area contributed by atoms with Crippen molar-refractivity contribution in [2.45, 2.75) is 26.2 Å². The second-order valence-corrected chi connectivity index (χ2v) is 6.15. The van der Waals surface area contributed by atoms with Crippen LogP contribution in [0.2, 0.25) is 0 Å². The van der Waals surface area contributed by atoms with Crippen LogP contribution in [0, 0.1) is 11.7 Å². The van der Waals surface area contributed by atoms with Gasteiger partial charge in [0.05, 0.1) is 11.6 Å². The topological polar surface area (TPSA) is 52.7 Å². The number of amides is 2. The molecule has 2 fully saturated rings. The van der Waals surface area contributed by atoms with Gasteiger partial charge in [-0.2, -0.15) is 0 Å². The number of benzene rings is 1. The maximum atomic E-state index is 14.3. The van der Waals surface area contributed by atoms with Crippen LogP contribution in [0.1, 0.15) is 26.2 Å². The summed E-state index contributed by atoms with van der Waals surface area (Å²) in [5.41, 5.74) is 0.967. The SMILES string of the molecule is CCN1CC(C(=O)Nc2c(F)cccc2N2CCCC2)CC1=O. The van der Waals surface area contributed by atoms with Crippen molar-refractivity contribution in [2.24, 2.45) is 5.92 Å². The van der Waals surface area contributed by atoms with Crippen molar-refractivity contribution in [1.29, 1.82) is 0 Å². The molecule has 124 valence electrons. The molecule has 1 N–H and O–H groups in total. The maximum absolute atomic E-state index is 14.3. The monoisotopic (exact) mass is 319 g/mol. The highest BCUT2D eigenvalue weighted by Gasteiger charge is 2.34. The summed E-state index contributed by atoms with van der Waals surface area (Å²) in [6.07, 6.45) is 2.35. The average molecular weight is 319 g/mol. The van der Waals surface area contributed by atoms with Gasteiger partial charge in [0, 0.05) is 32.6 Å². The fraction of sp³-hybridized carbons (Fsp3) is 0.529. The first-order chi connectivity index (χ1) is 11.1. The first kappa shape index (κ1) is 15.8. The van der Waals surface area contributed by atoms with Gasteiger partial charge in [-0.05, 0) is 31.9 Å². The summed E-state index contributed by atoms with van der Waals surface area (Å²) in [6, 6.07) is 4.85. The van der Waals surface area contributed by atoms with E-state index in [0.717, 1.165) is 31.6 Å². The van der Waals surface area contributed by atoms with E-state index in [9.17, 15) is 14.0 Å². The zero-order chi connectivity index (χ0) is 16.4. The van der Waals surface area contributed by atoms with Gasteiger partial charge in [0.25, 0.3) is 0 Å². The quantitative estimate of drug-likeness (QED) is 0.926. The van der Waals surface area contributed by atoms with Gasteiger partial charge in [-0.25, -0.2) is 4.39 Å². The Morgan fingerprint density at radius 3 is 2.74 bits per heavy atom. The number of carbonyl (C=O) groups is 2. The number of hydrogen-bond donors (Lipinski definition) is 1. The fourth-order valence-electron chi connectivity index (χ4n) is 3.34. The van der Waals surface area contributed by atoms with Gasteiger partial charge >= 0.3 is 0 Å². The van der Waals surface area contributed by atoms with Crippen LogP contribution in [0.3, 0.4) is 0 Å². The fourth-order valence-corrected chi connectivity index (χ4v) is 3.34. The third-order valence-electron chi connectivity index (χ3n) is 4.65. The highest BCUT2D eigenvalue weighted by molar-refractivity contribution is 5.99. The number of rotatable bonds is 4. The molecule has 0 aliphatic carbocycles. The molecule has 2 aliphatic rings. The van der Waals surface area contributed by atoms with E-state index in [1.807, 2.05) is 13.0 Å². The van der Waals surface area contributed by atoms with E-state index in [1.165, 1.54) is 6.07 Å². The average Bonchev–Trinajstić information content (AvgIpc) is 3.18. The van der Waals surface area contributed by atoms with Crippen molar-refractivity contribution < 1.29 is 14.0 Å². The molecule has 2 heterocycles. The van der Waals surface area contributed by atoms with Gasteiger partial charge in [-0.1, -0.05) is 6.07 Å². The highest BCUT2D eigenvalue weighted by atomic mass is 19.1. The molecule has 2 saturated heterocycles. The number of halogens is 1. The van der Waals surface area contributed by atoms with Crippen LogP contribution in [0.25, 0.3) is 0 Å². The van der Waals surface area contributed by atoms with Crippen molar-refractivity contribution in [3.63, 3.8) is 0 Å². The van der Waals surface area contributed by atoms with E-state index in [4.69, 9.17) is 0 Å². The minimum absolute atomic E-state index is 0.0130. The summed E-state index contributed by atoms with van der Waals surface area (Å²) >= 11 is 0. The lowest BCUT2D eigenvalue weighted by atomic mass is 10.1. The number of likely N-dealkylation sites (tertiary alicyclic amines) is 1. The molecule has 1 aromatic rings. The number of nitrogens with one attached hydrogen (secondary N) is 1. The molecule has 0 aromatic heterocycles. The molecule has 2 amide bonds. The van der Waals surface area contributed by atoms with E-state index < -0.39 is 11.7 Å². The van der Waals surface area contributed by atoms with Crippen LogP contribution >= 0.6 is 0 Å². The van der Waals surface area contributed by atoms with Crippen LogP contribution in [0.5, 0.6) is 0 Å². The molecule has 0 bridgehead atoms. The Labute approximate surface area is 135 Å². The zero-order valence-corrected chi connectivity index (χ0v) is 13.3. The largest absolute Gasteiger partial charge is 0.370 e. The summed E-state index contributed by atoms with van der Waals surface area (Å²) in [4.78, 5) is 28.0. The minimum Gasteiger partial charge on any atom is -0.370 e. The molecule has 6 heteroatoms. The predicted octanol–water partition coefficient (Wildman–Crippen LogP) is 2.23. The summed E-state index contributed by atoms with van der Waals surface area (Å²) in [6.45, 7) is 4.65. The summed E-state index contributed by atoms with van der Waals surface area (Å²) < 4.78 is 14.3. The molecule has 1 atom stereocenters. The Morgan fingerprint density at radius 2 is 2.09 bits per heavy atom. The molecule has 0 spiro atoms. The number of nitrogens with zero attached hydrogens (tertiary/aromatic N) is 2. The lowest BCUT2D eigenvalue weighted by molar-refractivity contribution is -0.128. The second kappa shape index (κ2) is 6.56. The molecule has 5 nitrogen and oxygen atoms in total. The summed E-state index contributed by atoms with van der Waals surface area (Å²) in [5.74, 6) is -1.13. The van der Waals surface area contributed by atoms with Gasteiger partial charge in [0.1, 0.15) is 11.5 Å². The summed E-state index contributed by atoms with van der Waals surface area (Å²) in [7, 11) is 0. The molecular formula is C17H22FN3O2. The lowest BCUT2D eigenvalue weighted by Gasteiger charge is -2.22. The zero-order valence-electron chi connectivity index (χ0n) is 13.3. The minimum atomic E-state index is -0.431. The van der Waals surface area contributed by atoms with Crippen molar-refractivity contribution in [3.05, 3.63) is 24.0 Å². The molecule has 23 heavy (non-hydrogen) atoms. The normalized spacial score (nSPS) is 21.1. The summed E-state index contributed by atoms with van der Waals surface area (Å²) in [5, 5.41) is 2.73.